The molecular weight excluding hydrogens is 224 g/mol. The second-order valence-corrected chi connectivity index (χ2v) is 6.26. The van der Waals surface area contributed by atoms with Crippen molar-refractivity contribution >= 4 is 0 Å². The Hall–Kier alpha value is -0.870. The van der Waals surface area contributed by atoms with Crippen LogP contribution in [0.1, 0.15) is 27.7 Å². The average molecular weight is 250 g/mol. The Morgan fingerprint density at radius 1 is 1.39 bits per heavy atom. The lowest BCUT2D eigenvalue weighted by Gasteiger charge is -2.47. The monoisotopic (exact) mass is 250 g/mol. The SMILES string of the molecule is CC(C)C1CN(CCn2cccn2)C(C)(C)CN1. The molecule has 0 spiro atoms. The summed E-state index contributed by atoms with van der Waals surface area (Å²) in [6.07, 6.45) is 3.88. The number of rotatable bonds is 4. The van der Waals surface area contributed by atoms with Crippen molar-refractivity contribution in [1.29, 1.82) is 0 Å². The maximum atomic E-state index is 4.28. The molecule has 0 saturated carbocycles. The predicted octanol–water partition coefficient (Wildman–Crippen LogP) is 1.59. The summed E-state index contributed by atoms with van der Waals surface area (Å²) < 4.78 is 2.02. The van der Waals surface area contributed by atoms with Gasteiger partial charge in [-0.25, -0.2) is 0 Å². The lowest BCUT2D eigenvalue weighted by Crippen LogP contribution is -2.63. The van der Waals surface area contributed by atoms with Crippen LogP contribution in [0.4, 0.5) is 0 Å². The van der Waals surface area contributed by atoms with E-state index in [4.69, 9.17) is 0 Å². The standard InChI is InChI=1S/C14H26N4/c1-12(2)13-10-17(14(3,4)11-15-13)8-9-18-7-5-6-16-18/h5-7,12-13,15H,8-11H2,1-4H3. The first-order valence-electron chi connectivity index (χ1n) is 6.95. The van der Waals surface area contributed by atoms with Gasteiger partial charge in [-0.1, -0.05) is 13.8 Å². The molecule has 0 bridgehead atoms. The zero-order valence-electron chi connectivity index (χ0n) is 12.1. The van der Waals surface area contributed by atoms with Crippen LogP contribution in [0, 0.1) is 5.92 Å². The van der Waals surface area contributed by atoms with Gasteiger partial charge in [0.2, 0.25) is 0 Å². The third-order valence-electron chi connectivity index (χ3n) is 4.03. The molecule has 1 aromatic heterocycles. The van der Waals surface area contributed by atoms with Crippen LogP contribution in [0.5, 0.6) is 0 Å². The average Bonchev–Trinajstić information content (AvgIpc) is 2.79. The second-order valence-electron chi connectivity index (χ2n) is 6.26. The Morgan fingerprint density at radius 3 is 2.78 bits per heavy atom. The number of nitrogens with one attached hydrogen (secondary N) is 1. The van der Waals surface area contributed by atoms with Crippen LogP contribution in [0.2, 0.25) is 0 Å². The summed E-state index contributed by atoms with van der Waals surface area (Å²) in [5.74, 6) is 0.688. The topological polar surface area (TPSA) is 33.1 Å². The highest BCUT2D eigenvalue weighted by molar-refractivity contribution is 4.93. The van der Waals surface area contributed by atoms with Crippen LogP contribution >= 0.6 is 0 Å². The van der Waals surface area contributed by atoms with Gasteiger partial charge in [-0.3, -0.25) is 9.58 Å². The van der Waals surface area contributed by atoms with E-state index >= 15 is 0 Å². The van der Waals surface area contributed by atoms with Crippen molar-refractivity contribution in [2.75, 3.05) is 19.6 Å². The molecule has 0 aromatic carbocycles. The third kappa shape index (κ3) is 3.12. The Labute approximate surface area is 110 Å². The summed E-state index contributed by atoms with van der Waals surface area (Å²) in [5, 5.41) is 7.94. The van der Waals surface area contributed by atoms with E-state index in [0.29, 0.717) is 12.0 Å². The Morgan fingerprint density at radius 2 is 2.17 bits per heavy atom. The van der Waals surface area contributed by atoms with Gasteiger partial charge >= 0.3 is 0 Å². The molecule has 1 atom stereocenters. The van der Waals surface area contributed by atoms with Crippen LogP contribution in [0.25, 0.3) is 0 Å². The van der Waals surface area contributed by atoms with Crippen LogP contribution in [0.15, 0.2) is 18.5 Å². The fourth-order valence-electron chi connectivity index (χ4n) is 2.54. The first kappa shape index (κ1) is 13.6. The lowest BCUT2D eigenvalue weighted by atomic mass is 9.93. The summed E-state index contributed by atoms with van der Waals surface area (Å²) in [5.41, 5.74) is 0.235. The van der Waals surface area contributed by atoms with Crippen LogP contribution in [-0.4, -0.2) is 45.9 Å². The molecular formula is C14H26N4. The Kier molecular flexibility index (Phi) is 4.07. The highest BCUT2D eigenvalue weighted by atomic mass is 15.3. The smallest absolute Gasteiger partial charge is 0.0536 e. The highest BCUT2D eigenvalue weighted by Gasteiger charge is 2.34. The zero-order chi connectivity index (χ0) is 13.2. The molecule has 102 valence electrons. The highest BCUT2D eigenvalue weighted by Crippen LogP contribution is 2.21. The summed E-state index contributed by atoms with van der Waals surface area (Å²) in [7, 11) is 0. The van der Waals surface area contributed by atoms with Crippen LogP contribution < -0.4 is 5.32 Å². The maximum absolute atomic E-state index is 4.28. The second kappa shape index (κ2) is 5.41. The Balaban J connectivity index is 1.94. The third-order valence-corrected chi connectivity index (χ3v) is 4.03. The van der Waals surface area contributed by atoms with Crippen molar-refractivity contribution in [2.24, 2.45) is 5.92 Å². The normalized spacial score (nSPS) is 24.6. The van der Waals surface area contributed by atoms with Gasteiger partial charge < -0.3 is 5.32 Å². The first-order chi connectivity index (χ1) is 8.49. The summed E-state index contributed by atoms with van der Waals surface area (Å²) >= 11 is 0. The minimum atomic E-state index is 0.235. The van der Waals surface area contributed by atoms with Gasteiger partial charge in [0, 0.05) is 43.6 Å². The summed E-state index contributed by atoms with van der Waals surface area (Å²) in [6, 6.07) is 2.59. The van der Waals surface area contributed by atoms with Crippen molar-refractivity contribution in [3.63, 3.8) is 0 Å². The van der Waals surface area contributed by atoms with Crippen LogP contribution in [-0.2, 0) is 6.54 Å². The van der Waals surface area contributed by atoms with Gasteiger partial charge in [-0.15, -0.1) is 0 Å². The molecule has 18 heavy (non-hydrogen) atoms. The quantitative estimate of drug-likeness (QED) is 0.881. The molecule has 2 rings (SSSR count). The maximum Gasteiger partial charge on any atom is 0.0536 e. The molecule has 0 amide bonds. The van der Waals surface area contributed by atoms with E-state index < -0.39 is 0 Å². The van der Waals surface area contributed by atoms with E-state index in [9.17, 15) is 0 Å². The fraction of sp³-hybridized carbons (Fsp3) is 0.786. The molecule has 4 heteroatoms. The summed E-state index contributed by atoms with van der Waals surface area (Å²) in [4.78, 5) is 2.59. The minimum Gasteiger partial charge on any atom is -0.311 e. The van der Waals surface area contributed by atoms with E-state index in [-0.39, 0.29) is 5.54 Å². The molecule has 4 nitrogen and oxygen atoms in total. The number of hydrogen-bond acceptors (Lipinski definition) is 3. The molecule has 1 aliphatic rings. The number of aromatic nitrogens is 2. The van der Waals surface area contributed by atoms with Crippen molar-refractivity contribution in [2.45, 2.75) is 45.8 Å². The molecule has 0 aliphatic carbocycles. The molecule has 1 aromatic rings. The van der Waals surface area contributed by atoms with Gasteiger partial charge in [0.05, 0.1) is 6.54 Å². The Bertz CT molecular complexity index is 356. The minimum absolute atomic E-state index is 0.235. The molecule has 1 unspecified atom stereocenters. The van der Waals surface area contributed by atoms with Gasteiger partial charge in [-0.2, -0.15) is 5.10 Å². The van der Waals surface area contributed by atoms with E-state index in [1.807, 2.05) is 23.1 Å². The molecule has 1 aliphatic heterocycles. The largest absolute Gasteiger partial charge is 0.311 e. The van der Waals surface area contributed by atoms with Crippen LogP contribution in [0.3, 0.4) is 0 Å². The first-order valence-corrected chi connectivity index (χ1v) is 6.95. The number of nitrogens with zero attached hydrogens (tertiary/aromatic N) is 3. The molecule has 1 fully saturated rings. The van der Waals surface area contributed by atoms with Crippen molar-refractivity contribution in [1.82, 2.24) is 20.0 Å². The van der Waals surface area contributed by atoms with Crippen molar-refractivity contribution in [3.05, 3.63) is 18.5 Å². The van der Waals surface area contributed by atoms with Gasteiger partial charge in [0.15, 0.2) is 0 Å². The van der Waals surface area contributed by atoms with Crippen molar-refractivity contribution in [3.8, 4) is 0 Å². The van der Waals surface area contributed by atoms with E-state index in [0.717, 1.165) is 26.2 Å². The predicted molar refractivity (Wildman–Crippen MR) is 74.5 cm³/mol. The molecule has 2 heterocycles. The number of piperazine rings is 1. The van der Waals surface area contributed by atoms with E-state index in [1.165, 1.54) is 0 Å². The lowest BCUT2D eigenvalue weighted by molar-refractivity contribution is 0.0507. The molecule has 1 saturated heterocycles. The number of hydrogen-bond donors (Lipinski definition) is 1. The van der Waals surface area contributed by atoms with Gasteiger partial charge in [0.25, 0.3) is 0 Å². The summed E-state index contributed by atoms with van der Waals surface area (Å²) in [6.45, 7) is 13.5. The van der Waals surface area contributed by atoms with E-state index in [1.54, 1.807) is 0 Å². The zero-order valence-corrected chi connectivity index (χ0v) is 12.1. The van der Waals surface area contributed by atoms with Crippen molar-refractivity contribution < 1.29 is 0 Å². The van der Waals surface area contributed by atoms with Gasteiger partial charge in [0.1, 0.15) is 0 Å². The molecule has 0 radical (unpaired) electrons. The molecule has 1 N–H and O–H groups in total. The van der Waals surface area contributed by atoms with E-state index in [2.05, 4.69) is 43.0 Å². The fourth-order valence-corrected chi connectivity index (χ4v) is 2.54. The van der Waals surface area contributed by atoms with Gasteiger partial charge in [-0.05, 0) is 25.8 Å².